The number of carbonyl (C=O) groups is 3. The van der Waals surface area contributed by atoms with Crippen LogP contribution in [0.1, 0.15) is 53.9 Å². The highest BCUT2D eigenvalue weighted by atomic mass is 16.6. The molecule has 0 aliphatic rings. The van der Waals surface area contributed by atoms with Crippen LogP contribution in [-0.4, -0.2) is 84.2 Å². The first-order valence-electron chi connectivity index (χ1n) is 9.47. The number of nitrogens with one attached hydrogen (secondary N) is 1. The third kappa shape index (κ3) is 15.3. The van der Waals surface area contributed by atoms with Gasteiger partial charge in [0.15, 0.2) is 0 Å². The fraction of sp³-hybridized carbons (Fsp3) is 0.842. The summed E-state index contributed by atoms with van der Waals surface area (Å²) >= 11 is 0. The topological polar surface area (TPSA) is 99.2 Å². The smallest absolute Gasteiger partial charge is 0.407 e. The summed E-state index contributed by atoms with van der Waals surface area (Å²) in [6.07, 6.45) is -0.122. The van der Waals surface area contributed by atoms with Crippen LogP contribution in [0.15, 0.2) is 0 Å². The number of alkyl carbamates (subject to hydrolysis) is 1. The van der Waals surface area contributed by atoms with Crippen molar-refractivity contribution in [3.8, 4) is 0 Å². The van der Waals surface area contributed by atoms with Gasteiger partial charge in [0.25, 0.3) is 0 Å². The molecule has 0 spiro atoms. The highest BCUT2D eigenvalue weighted by Crippen LogP contribution is 2.07. The Labute approximate surface area is 163 Å². The Hall–Kier alpha value is -1.51. The molecule has 0 saturated carbocycles. The maximum absolute atomic E-state index is 11.7. The van der Waals surface area contributed by atoms with E-state index in [-0.39, 0.29) is 18.1 Å². The summed E-state index contributed by atoms with van der Waals surface area (Å²) in [6, 6.07) is 0. The molecule has 0 radical (unpaired) electrons. The second kappa shape index (κ2) is 12.8. The van der Waals surface area contributed by atoms with Crippen LogP contribution in [0, 0.1) is 0 Å². The van der Waals surface area contributed by atoms with Crippen molar-refractivity contribution in [2.75, 3.05) is 39.8 Å². The van der Waals surface area contributed by atoms with E-state index < -0.39 is 17.9 Å². The van der Waals surface area contributed by atoms with E-state index >= 15 is 0 Å². The quantitative estimate of drug-likeness (QED) is 0.461. The van der Waals surface area contributed by atoms with Gasteiger partial charge in [-0.1, -0.05) is 0 Å². The molecule has 27 heavy (non-hydrogen) atoms. The number of nitrogens with zero attached hydrogens (tertiary/aromatic N) is 2. The normalized spacial score (nSPS) is 12.9. The van der Waals surface area contributed by atoms with E-state index in [1.54, 1.807) is 27.7 Å². The molecule has 0 fully saturated rings. The minimum atomic E-state index is -0.777. The van der Waals surface area contributed by atoms with Gasteiger partial charge in [-0.05, 0) is 41.7 Å². The van der Waals surface area contributed by atoms with E-state index in [2.05, 4.69) is 5.32 Å². The third-order valence-electron chi connectivity index (χ3n) is 3.86. The molecule has 1 unspecified atom stereocenters. The minimum Gasteiger partial charge on any atom is -0.444 e. The first-order valence-corrected chi connectivity index (χ1v) is 9.47. The number of aliphatic hydroxyl groups is 1. The zero-order valence-corrected chi connectivity index (χ0v) is 17.7. The van der Waals surface area contributed by atoms with Crippen molar-refractivity contribution in [2.45, 2.75) is 65.7 Å². The molecule has 158 valence electrons. The molecule has 8 nitrogen and oxygen atoms in total. The minimum absolute atomic E-state index is 0.0593. The zero-order chi connectivity index (χ0) is 21.0. The lowest BCUT2D eigenvalue weighted by molar-refractivity contribution is -0.118. The Morgan fingerprint density at radius 2 is 1.56 bits per heavy atom. The van der Waals surface area contributed by atoms with Gasteiger partial charge in [0, 0.05) is 52.0 Å². The van der Waals surface area contributed by atoms with Gasteiger partial charge >= 0.3 is 6.09 Å². The van der Waals surface area contributed by atoms with Gasteiger partial charge < -0.3 is 20.1 Å². The average Bonchev–Trinajstić information content (AvgIpc) is 2.50. The summed E-state index contributed by atoms with van der Waals surface area (Å²) in [6.45, 7) is 11.1. The van der Waals surface area contributed by atoms with E-state index in [0.29, 0.717) is 45.4 Å². The van der Waals surface area contributed by atoms with Crippen LogP contribution >= 0.6 is 0 Å². The molecule has 0 aliphatic heterocycles. The third-order valence-corrected chi connectivity index (χ3v) is 3.86. The van der Waals surface area contributed by atoms with Crippen LogP contribution in [0.25, 0.3) is 0 Å². The molecular formula is C19H37N3O5. The summed E-state index contributed by atoms with van der Waals surface area (Å²) in [4.78, 5) is 37.9. The molecule has 0 aromatic rings. The van der Waals surface area contributed by atoms with E-state index in [9.17, 15) is 19.5 Å². The Morgan fingerprint density at radius 3 is 2.07 bits per heavy atom. The summed E-state index contributed by atoms with van der Waals surface area (Å²) in [5.41, 5.74) is -0.569. The van der Waals surface area contributed by atoms with Gasteiger partial charge in [-0.3, -0.25) is 14.5 Å². The lowest BCUT2D eigenvalue weighted by Crippen LogP contribution is -2.43. The monoisotopic (exact) mass is 387 g/mol. The number of likely N-dealkylation sites (N-methyl/N-ethyl adjacent to an activating group) is 1. The molecule has 0 aromatic carbocycles. The number of rotatable bonds is 13. The number of hydrogen-bond donors (Lipinski definition) is 2. The fourth-order valence-electron chi connectivity index (χ4n) is 2.27. The standard InChI is InChI=1S/C19H37N3O5/c1-15(23)8-11-21(6)13-14-22(12-9-16(2)24)17(25)7-10-20-18(26)27-19(3,4)5/h17,25H,7-14H2,1-6H3,(H,20,26). The van der Waals surface area contributed by atoms with E-state index in [4.69, 9.17) is 4.74 Å². The van der Waals surface area contributed by atoms with Gasteiger partial charge in [0.05, 0.1) is 0 Å². The second-order valence-electron chi connectivity index (χ2n) is 7.94. The van der Waals surface area contributed by atoms with E-state index in [1.807, 2.05) is 16.8 Å². The lowest BCUT2D eigenvalue weighted by atomic mass is 10.2. The first-order chi connectivity index (χ1) is 12.4. The van der Waals surface area contributed by atoms with Gasteiger partial charge in [-0.15, -0.1) is 0 Å². The molecule has 0 heterocycles. The molecule has 1 amide bonds. The highest BCUT2D eigenvalue weighted by molar-refractivity contribution is 5.75. The van der Waals surface area contributed by atoms with Crippen LogP contribution < -0.4 is 5.32 Å². The van der Waals surface area contributed by atoms with Crippen LogP contribution in [-0.2, 0) is 14.3 Å². The molecular weight excluding hydrogens is 350 g/mol. The Balaban J connectivity index is 4.44. The molecule has 2 N–H and O–H groups in total. The van der Waals surface area contributed by atoms with E-state index in [0.717, 1.165) is 0 Å². The van der Waals surface area contributed by atoms with Crippen LogP contribution in [0.4, 0.5) is 4.79 Å². The van der Waals surface area contributed by atoms with Gasteiger partial charge in [0.2, 0.25) is 0 Å². The first kappa shape index (κ1) is 25.5. The molecule has 0 saturated heterocycles. The summed E-state index contributed by atoms with van der Waals surface area (Å²) < 4.78 is 5.16. The number of ether oxygens (including phenoxy) is 1. The van der Waals surface area contributed by atoms with Crippen LogP contribution in [0.5, 0.6) is 0 Å². The predicted molar refractivity (Wildman–Crippen MR) is 105 cm³/mol. The largest absolute Gasteiger partial charge is 0.444 e. The fourth-order valence-corrected chi connectivity index (χ4v) is 2.27. The lowest BCUT2D eigenvalue weighted by Gasteiger charge is -2.29. The number of amides is 1. The Bertz CT molecular complexity index is 476. The van der Waals surface area contributed by atoms with Crippen molar-refractivity contribution in [1.29, 1.82) is 0 Å². The predicted octanol–water partition coefficient (Wildman–Crippen LogP) is 1.41. The SMILES string of the molecule is CC(=O)CCN(C)CCN(CCC(C)=O)C(O)CCNC(=O)OC(C)(C)C. The van der Waals surface area contributed by atoms with Crippen LogP contribution in [0.3, 0.4) is 0 Å². The molecule has 0 rings (SSSR count). The highest BCUT2D eigenvalue weighted by Gasteiger charge is 2.19. The summed E-state index contributed by atoms with van der Waals surface area (Å²) in [5, 5.41) is 13.1. The van der Waals surface area contributed by atoms with Crippen molar-refractivity contribution in [3.05, 3.63) is 0 Å². The van der Waals surface area contributed by atoms with Crippen molar-refractivity contribution >= 4 is 17.7 Å². The molecule has 0 aliphatic carbocycles. The van der Waals surface area contributed by atoms with Crippen LogP contribution in [0.2, 0.25) is 0 Å². The molecule has 0 aromatic heterocycles. The number of hydrogen-bond acceptors (Lipinski definition) is 7. The summed E-state index contributed by atoms with van der Waals surface area (Å²) in [5.74, 6) is 0.201. The number of carbonyl (C=O) groups excluding carboxylic acids is 3. The van der Waals surface area contributed by atoms with Gasteiger partial charge in [-0.25, -0.2) is 4.79 Å². The maximum Gasteiger partial charge on any atom is 0.407 e. The summed E-state index contributed by atoms with van der Waals surface area (Å²) in [7, 11) is 1.92. The number of ketones is 2. The van der Waals surface area contributed by atoms with Gasteiger partial charge in [0.1, 0.15) is 23.4 Å². The maximum atomic E-state index is 11.7. The number of aliphatic hydroxyl groups excluding tert-OH is 1. The Morgan fingerprint density at radius 1 is 1.00 bits per heavy atom. The molecule has 8 heteroatoms. The van der Waals surface area contributed by atoms with Gasteiger partial charge in [-0.2, -0.15) is 0 Å². The number of Topliss-reactive ketones (excluding diaryl/α,β-unsaturated/α-hetero) is 2. The molecule has 0 bridgehead atoms. The second-order valence-corrected chi connectivity index (χ2v) is 7.94. The van der Waals surface area contributed by atoms with Crippen molar-refractivity contribution in [2.24, 2.45) is 0 Å². The average molecular weight is 388 g/mol. The van der Waals surface area contributed by atoms with Crippen molar-refractivity contribution < 1.29 is 24.2 Å². The van der Waals surface area contributed by atoms with Crippen molar-refractivity contribution in [3.63, 3.8) is 0 Å². The Kier molecular flexibility index (Phi) is 12.1. The van der Waals surface area contributed by atoms with E-state index in [1.165, 1.54) is 6.92 Å². The zero-order valence-electron chi connectivity index (χ0n) is 17.7. The molecule has 1 atom stereocenters. The van der Waals surface area contributed by atoms with Crippen molar-refractivity contribution in [1.82, 2.24) is 15.1 Å².